The summed E-state index contributed by atoms with van der Waals surface area (Å²) in [5, 5.41) is 2.03. The van der Waals surface area contributed by atoms with Crippen LogP contribution in [0.3, 0.4) is 0 Å². The van der Waals surface area contributed by atoms with E-state index in [1.807, 2.05) is 72.3 Å². The number of carbonyl (C=O) groups is 1. The van der Waals surface area contributed by atoms with E-state index < -0.39 is 0 Å². The second kappa shape index (κ2) is 9.46. The lowest BCUT2D eigenvalue weighted by Gasteiger charge is -2.23. The topological polar surface area (TPSA) is 43.7 Å². The smallest absolute Gasteiger partial charge is 0.254 e. The molecule has 0 aliphatic heterocycles. The number of hydrogen-bond donors (Lipinski definition) is 0. The van der Waals surface area contributed by atoms with E-state index in [2.05, 4.69) is 6.07 Å². The minimum atomic E-state index is -0.0291. The molecule has 0 radical (unpaired) electrons. The second-order valence-electron chi connectivity index (χ2n) is 6.38. The summed E-state index contributed by atoms with van der Waals surface area (Å²) in [6, 6.07) is 13.5. The number of nitrogens with zero attached hydrogens (tertiary/aromatic N) is 2. The maximum absolute atomic E-state index is 13.4. The molecule has 0 aliphatic carbocycles. The van der Waals surface area contributed by atoms with Gasteiger partial charge in [0.25, 0.3) is 5.91 Å². The van der Waals surface area contributed by atoms with Crippen LogP contribution in [-0.2, 0) is 20.1 Å². The summed E-state index contributed by atoms with van der Waals surface area (Å²) in [4.78, 5) is 16.4. The number of aryl methyl sites for hydroxylation is 1. The van der Waals surface area contributed by atoms with Gasteiger partial charge >= 0.3 is 0 Å². The number of hydrogen-bond acceptors (Lipinski definition) is 4. The molecule has 3 aromatic rings. The van der Waals surface area contributed by atoms with Crippen molar-refractivity contribution in [1.82, 2.24) is 9.47 Å². The first-order chi connectivity index (χ1) is 13.6. The highest BCUT2D eigenvalue weighted by Gasteiger charge is 2.20. The SMILES string of the molecule is CCOc1ccc(C(=O)N(Cc2cccs2)Cc2cccn2C)cc1OCC. The number of ether oxygens (including phenoxy) is 2. The fourth-order valence-corrected chi connectivity index (χ4v) is 3.73. The van der Waals surface area contributed by atoms with Gasteiger partial charge in [0.15, 0.2) is 11.5 Å². The molecule has 5 nitrogen and oxygen atoms in total. The van der Waals surface area contributed by atoms with Crippen molar-refractivity contribution >= 4 is 17.2 Å². The fourth-order valence-electron chi connectivity index (χ4n) is 3.01. The molecule has 6 heteroatoms. The normalized spacial score (nSPS) is 10.7. The van der Waals surface area contributed by atoms with Gasteiger partial charge in [0.1, 0.15) is 0 Å². The molecule has 3 rings (SSSR count). The van der Waals surface area contributed by atoms with Gasteiger partial charge in [-0.2, -0.15) is 0 Å². The van der Waals surface area contributed by atoms with E-state index >= 15 is 0 Å². The quantitative estimate of drug-likeness (QED) is 0.523. The van der Waals surface area contributed by atoms with Crippen molar-refractivity contribution < 1.29 is 14.3 Å². The molecule has 28 heavy (non-hydrogen) atoms. The van der Waals surface area contributed by atoms with E-state index in [0.717, 1.165) is 10.6 Å². The molecule has 2 aromatic heterocycles. The first-order valence-corrected chi connectivity index (χ1v) is 10.3. The van der Waals surface area contributed by atoms with E-state index in [4.69, 9.17) is 9.47 Å². The Morgan fingerprint density at radius 2 is 1.82 bits per heavy atom. The number of carbonyl (C=O) groups excluding carboxylic acids is 1. The van der Waals surface area contributed by atoms with Gasteiger partial charge in [-0.1, -0.05) is 6.07 Å². The second-order valence-corrected chi connectivity index (χ2v) is 7.41. The Labute approximate surface area is 170 Å². The minimum Gasteiger partial charge on any atom is -0.490 e. The molecule has 0 fully saturated rings. The Morgan fingerprint density at radius 3 is 2.46 bits per heavy atom. The summed E-state index contributed by atoms with van der Waals surface area (Å²) in [6.07, 6.45) is 1.99. The third-order valence-corrected chi connectivity index (χ3v) is 5.27. The van der Waals surface area contributed by atoms with Gasteiger partial charge in [-0.05, 0) is 55.6 Å². The zero-order valence-electron chi connectivity index (χ0n) is 16.6. The van der Waals surface area contributed by atoms with Crippen LogP contribution in [0, 0.1) is 0 Å². The molecule has 0 N–H and O–H groups in total. The van der Waals surface area contributed by atoms with Crippen molar-refractivity contribution in [1.29, 1.82) is 0 Å². The van der Waals surface area contributed by atoms with E-state index in [9.17, 15) is 4.79 Å². The van der Waals surface area contributed by atoms with Crippen LogP contribution in [0.15, 0.2) is 54.0 Å². The monoisotopic (exact) mass is 398 g/mol. The van der Waals surface area contributed by atoms with Crippen LogP contribution in [0.5, 0.6) is 11.5 Å². The number of rotatable bonds is 9. The number of aromatic nitrogens is 1. The van der Waals surface area contributed by atoms with E-state index in [-0.39, 0.29) is 5.91 Å². The number of amides is 1. The Kier molecular flexibility index (Phi) is 6.76. The standard InChI is InChI=1S/C22H26N2O3S/c1-4-26-20-11-10-17(14-21(20)27-5-2)22(25)24(16-19-9-7-13-28-19)15-18-8-6-12-23(18)3/h6-14H,4-5,15-16H2,1-3H3. The van der Waals surface area contributed by atoms with Crippen LogP contribution >= 0.6 is 11.3 Å². The average Bonchev–Trinajstić information content (AvgIpc) is 3.34. The molecule has 2 heterocycles. The molecule has 0 bridgehead atoms. The van der Waals surface area contributed by atoms with Crippen molar-refractivity contribution in [2.75, 3.05) is 13.2 Å². The third kappa shape index (κ3) is 4.75. The van der Waals surface area contributed by atoms with Gasteiger partial charge in [-0.25, -0.2) is 0 Å². The summed E-state index contributed by atoms with van der Waals surface area (Å²) in [5.74, 6) is 1.23. The lowest BCUT2D eigenvalue weighted by atomic mass is 10.1. The van der Waals surface area contributed by atoms with E-state index in [1.54, 1.807) is 17.4 Å². The number of thiophene rings is 1. The van der Waals surface area contributed by atoms with Crippen LogP contribution in [0.4, 0.5) is 0 Å². The predicted octanol–water partition coefficient (Wildman–Crippen LogP) is 4.73. The van der Waals surface area contributed by atoms with Gasteiger partial charge in [0.2, 0.25) is 0 Å². The average molecular weight is 399 g/mol. The van der Waals surface area contributed by atoms with E-state index in [0.29, 0.717) is 43.4 Å². The Morgan fingerprint density at radius 1 is 1.04 bits per heavy atom. The highest BCUT2D eigenvalue weighted by atomic mass is 32.1. The molecular weight excluding hydrogens is 372 g/mol. The summed E-state index contributed by atoms with van der Waals surface area (Å²) in [7, 11) is 1.99. The molecule has 0 saturated heterocycles. The largest absolute Gasteiger partial charge is 0.490 e. The van der Waals surface area contributed by atoms with Gasteiger partial charge < -0.3 is 18.9 Å². The maximum atomic E-state index is 13.4. The van der Waals surface area contributed by atoms with Crippen molar-refractivity contribution in [2.45, 2.75) is 26.9 Å². The molecule has 0 spiro atoms. The summed E-state index contributed by atoms with van der Waals surface area (Å²) in [5.41, 5.74) is 1.68. The highest BCUT2D eigenvalue weighted by molar-refractivity contribution is 7.09. The zero-order valence-corrected chi connectivity index (χ0v) is 17.4. The lowest BCUT2D eigenvalue weighted by Crippen LogP contribution is -2.30. The third-order valence-electron chi connectivity index (χ3n) is 4.41. The number of benzene rings is 1. The van der Waals surface area contributed by atoms with Crippen LogP contribution in [0.1, 0.15) is 34.8 Å². The predicted molar refractivity (Wildman–Crippen MR) is 112 cm³/mol. The van der Waals surface area contributed by atoms with Gasteiger partial charge in [-0.15, -0.1) is 11.3 Å². The first-order valence-electron chi connectivity index (χ1n) is 9.43. The molecule has 1 amide bonds. The minimum absolute atomic E-state index is 0.0291. The molecule has 0 unspecified atom stereocenters. The van der Waals surface area contributed by atoms with Crippen molar-refractivity contribution in [3.8, 4) is 11.5 Å². The summed E-state index contributed by atoms with van der Waals surface area (Å²) >= 11 is 1.66. The van der Waals surface area contributed by atoms with Gasteiger partial charge in [0.05, 0.1) is 26.3 Å². The van der Waals surface area contributed by atoms with E-state index in [1.165, 1.54) is 0 Å². The van der Waals surface area contributed by atoms with Crippen molar-refractivity contribution in [3.05, 3.63) is 70.2 Å². The van der Waals surface area contributed by atoms with Crippen LogP contribution in [0.25, 0.3) is 0 Å². The Bertz CT molecular complexity index is 902. The van der Waals surface area contributed by atoms with Crippen LogP contribution in [0.2, 0.25) is 0 Å². The molecule has 0 saturated carbocycles. The molecule has 0 atom stereocenters. The molecule has 0 aliphatic rings. The Balaban J connectivity index is 1.89. The summed E-state index contributed by atoms with van der Waals surface area (Å²) < 4.78 is 13.4. The lowest BCUT2D eigenvalue weighted by molar-refractivity contribution is 0.0727. The zero-order chi connectivity index (χ0) is 19.9. The maximum Gasteiger partial charge on any atom is 0.254 e. The summed E-state index contributed by atoms with van der Waals surface area (Å²) in [6.45, 7) is 6.02. The van der Waals surface area contributed by atoms with Crippen molar-refractivity contribution in [2.24, 2.45) is 7.05 Å². The van der Waals surface area contributed by atoms with Gasteiger partial charge in [0, 0.05) is 29.4 Å². The Hall–Kier alpha value is -2.73. The van der Waals surface area contributed by atoms with Crippen molar-refractivity contribution in [3.63, 3.8) is 0 Å². The van der Waals surface area contributed by atoms with Crippen LogP contribution < -0.4 is 9.47 Å². The van der Waals surface area contributed by atoms with Crippen LogP contribution in [-0.4, -0.2) is 28.6 Å². The molecule has 148 valence electrons. The molecule has 1 aromatic carbocycles. The first kappa shape index (κ1) is 20.0. The highest BCUT2D eigenvalue weighted by Crippen LogP contribution is 2.29. The molecular formula is C22H26N2O3S. The fraction of sp³-hybridized carbons (Fsp3) is 0.318. The van der Waals surface area contributed by atoms with Gasteiger partial charge in [-0.3, -0.25) is 4.79 Å².